The Hall–Kier alpha value is -1.99. The summed E-state index contributed by atoms with van der Waals surface area (Å²) in [7, 11) is -3.87. The van der Waals surface area contributed by atoms with E-state index in [4.69, 9.17) is 0 Å². The van der Waals surface area contributed by atoms with E-state index in [1.807, 2.05) is 13.0 Å². The van der Waals surface area contributed by atoms with E-state index in [1.54, 1.807) is 24.3 Å². The number of nitrogens with zero attached hydrogens (tertiary/aromatic N) is 1. The highest BCUT2D eigenvalue weighted by atomic mass is 32.2. The predicted octanol–water partition coefficient (Wildman–Crippen LogP) is 0.924. The van der Waals surface area contributed by atoms with E-state index in [1.165, 1.54) is 0 Å². The highest BCUT2D eigenvalue weighted by Crippen LogP contribution is 2.16. The molecule has 0 amide bonds. The van der Waals surface area contributed by atoms with Crippen LogP contribution in [-0.2, 0) is 16.8 Å². The average molecular weight is 322 g/mol. The molecule has 2 aromatic rings. The minimum atomic E-state index is -3.87. The molecule has 0 spiro atoms. The Bertz CT molecular complexity index is 792. The monoisotopic (exact) mass is 322 g/mol. The lowest BCUT2D eigenvalue weighted by Gasteiger charge is -2.24. The maximum atomic E-state index is 12.4. The summed E-state index contributed by atoms with van der Waals surface area (Å²) in [5.41, 5.74) is -0.789. The van der Waals surface area contributed by atoms with E-state index in [2.05, 4.69) is 4.72 Å². The number of nitrogens with one attached hydrogen (secondary N) is 1. The fourth-order valence-corrected chi connectivity index (χ4v) is 3.27. The zero-order valence-corrected chi connectivity index (χ0v) is 13.1. The van der Waals surface area contributed by atoms with Crippen LogP contribution in [0.2, 0.25) is 0 Å². The maximum Gasteiger partial charge on any atom is 0.301 e. The molecule has 118 valence electrons. The molecule has 0 atom stereocenters. The Morgan fingerprint density at radius 2 is 1.82 bits per heavy atom. The molecule has 1 N–H and O–H groups in total. The van der Waals surface area contributed by atoms with Crippen molar-refractivity contribution in [1.82, 2.24) is 4.72 Å². The Labute approximate surface area is 129 Å². The number of benzene rings is 1. The van der Waals surface area contributed by atoms with Crippen LogP contribution in [0, 0.1) is 0 Å². The number of hydrogen-bond donors (Lipinski definition) is 1. The lowest BCUT2D eigenvalue weighted by Crippen LogP contribution is -2.47. The molecule has 0 bridgehead atoms. The van der Waals surface area contributed by atoms with E-state index >= 15 is 0 Å². The molecule has 22 heavy (non-hydrogen) atoms. The summed E-state index contributed by atoms with van der Waals surface area (Å²) in [6.07, 6.45) is 1.55. The summed E-state index contributed by atoms with van der Waals surface area (Å²) in [5.74, 6) is 0. The minimum Gasteiger partial charge on any atom is -0.285 e. The van der Waals surface area contributed by atoms with Crippen LogP contribution in [0.25, 0.3) is 0 Å². The standard InChI is InChI=1S/C15H18N2O4S/c1-2-3-9-16-22(20,21)17(13-10-14(18)15(13)19)11-12-7-5-4-6-8-12/h4-8,10,16H,2-3,9,11H2,1H3. The molecule has 0 radical (unpaired) electrons. The van der Waals surface area contributed by atoms with Gasteiger partial charge in [-0.2, -0.15) is 13.1 Å². The van der Waals surface area contributed by atoms with Crippen LogP contribution in [0.3, 0.4) is 0 Å². The van der Waals surface area contributed by atoms with Crippen LogP contribution in [0.4, 0.5) is 5.69 Å². The van der Waals surface area contributed by atoms with Crippen molar-refractivity contribution in [2.45, 2.75) is 26.3 Å². The number of hydrogen-bond acceptors (Lipinski definition) is 4. The molecule has 0 aliphatic carbocycles. The second kappa shape index (κ2) is 6.85. The fourth-order valence-electron chi connectivity index (χ4n) is 1.99. The summed E-state index contributed by atoms with van der Waals surface area (Å²) in [6.45, 7) is 2.25. The smallest absolute Gasteiger partial charge is 0.285 e. The fraction of sp³-hybridized carbons (Fsp3) is 0.333. The van der Waals surface area contributed by atoms with Crippen LogP contribution >= 0.6 is 0 Å². The summed E-state index contributed by atoms with van der Waals surface area (Å²) < 4.78 is 28.2. The molecular formula is C15H18N2O4S. The van der Waals surface area contributed by atoms with Crippen LogP contribution in [0.5, 0.6) is 0 Å². The predicted molar refractivity (Wildman–Crippen MR) is 85.8 cm³/mol. The molecule has 2 aromatic carbocycles. The average Bonchev–Trinajstić information content (AvgIpc) is 2.51. The van der Waals surface area contributed by atoms with Gasteiger partial charge in [-0.05, 0) is 12.0 Å². The summed E-state index contributed by atoms with van der Waals surface area (Å²) >= 11 is 0. The van der Waals surface area contributed by atoms with Gasteiger partial charge in [-0.15, -0.1) is 0 Å². The number of anilines is 1. The lowest BCUT2D eigenvalue weighted by atomic mass is 10.2. The van der Waals surface area contributed by atoms with Crippen molar-refractivity contribution < 1.29 is 8.42 Å². The van der Waals surface area contributed by atoms with Crippen molar-refractivity contribution >= 4 is 15.9 Å². The van der Waals surface area contributed by atoms with Crippen molar-refractivity contribution in [3.8, 4) is 0 Å². The van der Waals surface area contributed by atoms with Gasteiger partial charge in [0.05, 0.1) is 6.54 Å². The van der Waals surface area contributed by atoms with Crippen molar-refractivity contribution in [3.05, 3.63) is 62.4 Å². The van der Waals surface area contributed by atoms with Gasteiger partial charge in [0.2, 0.25) is 10.9 Å². The van der Waals surface area contributed by atoms with Crippen LogP contribution in [0.1, 0.15) is 25.3 Å². The Morgan fingerprint density at radius 1 is 1.14 bits per heavy atom. The van der Waals surface area contributed by atoms with Crippen LogP contribution < -0.4 is 19.9 Å². The highest BCUT2D eigenvalue weighted by molar-refractivity contribution is 7.90. The molecule has 2 rings (SSSR count). The maximum absolute atomic E-state index is 12.4. The van der Waals surface area contributed by atoms with Crippen LogP contribution in [0.15, 0.2) is 46.0 Å². The van der Waals surface area contributed by atoms with E-state index < -0.39 is 21.1 Å². The number of rotatable bonds is 8. The Balaban J connectivity index is 2.28. The molecule has 0 aromatic heterocycles. The van der Waals surface area contributed by atoms with Gasteiger partial charge in [0.15, 0.2) is 0 Å². The molecule has 7 heteroatoms. The molecule has 0 saturated heterocycles. The van der Waals surface area contributed by atoms with E-state index in [-0.39, 0.29) is 12.2 Å². The summed E-state index contributed by atoms with van der Waals surface area (Å²) in [5, 5.41) is 0. The molecule has 0 aliphatic rings. The van der Waals surface area contributed by atoms with Gasteiger partial charge in [-0.25, -0.2) is 4.31 Å². The second-order valence-electron chi connectivity index (χ2n) is 4.97. The van der Waals surface area contributed by atoms with Gasteiger partial charge in [0, 0.05) is 12.6 Å². The molecule has 0 heterocycles. The van der Waals surface area contributed by atoms with E-state index in [0.717, 1.165) is 22.4 Å². The quantitative estimate of drug-likeness (QED) is 0.579. The van der Waals surface area contributed by atoms with Gasteiger partial charge < -0.3 is 0 Å². The molecule has 0 unspecified atom stereocenters. The third-order valence-electron chi connectivity index (χ3n) is 3.27. The van der Waals surface area contributed by atoms with Crippen molar-refractivity contribution in [2.24, 2.45) is 0 Å². The molecule has 0 aliphatic heterocycles. The normalized spacial score (nSPS) is 11.7. The first-order valence-corrected chi connectivity index (χ1v) is 8.51. The van der Waals surface area contributed by atoms with Gasteiger partial charge in [-0.3, -0.25) is 9.59 Å². The number of unbranched alkanes of at least 4 members (excludes halogenated alkanes) is 1. The summed E-state index contributed by atoms with van der Waals surface area (Å²) in [4.78, 5) is 22.7. The first kappa shape index (κ1) is 16.4. The van der Waals surface area contributed by atoms with Crippen molar-refractivity contribution in [3.63, 3.8) is 0 Å². The summed E-state index contributed by atoms with van der Waals surface area (Å²) in [6, 6.07) is 9.98. The third-order valence-corrected chi connectivity index (χ3v) is 4.74. The van der Waals surface area contributed by atoms with Gasteiger partial charge in [0.1, 0.15) is 5.69 Å². The zero-order valence-electron chi connectivity index (χ0n) is 12.3. The second-order valence-corrected chi connectivity index (χ2v) is 6.65. The van der Waals surface area contributed by atoms with E-state index in [9.17, 15) is 18.0 Å². The van der Waals surface area contributed by atoms with Gasteiger partial charge in [0.25, 0.3) is 0 Å². The first-order valence-electron chi connectivity index (χ1n) is 7.07. The largest absolute Gasteiger partial charge is 0.301 e. The Kier molecular flexibility index (Phi) is 5.10. The Morgan fingerprint density at radius 3 is 2.36 bits per heavy atom. The zero-order chi connectivity index (χ0) is 16.2. The van der Waals surface area contributed by atoms with Crippen molar-refractivity contribution in [1.29, 1.82) is 0 Å². The molecule has 0 saturated carbocycles. The van der Waals surface area contributed by atoms with Gasteiger partial charge >= 0.3 is 10.2 Å². The van der Waals surface area contributed by atoms with Crippen LogP contribution in [-0.4, -0.2) is 15.0 Å². The lowest BCUT2D eigenvalue weighted by molar-refractivity contribution is 0.572. The minimum absolute atomic E-state index is 0.00709. The van der Waals surface area contributed by atoms with E-state index in [0.29, 0.717) is 13.0 Å². The van der Waals surface area contributed by atoms with Gasteiger partial charge in [-0.1, -0.05) is 43.7 Å². The first-order chi connectivity index (χ1) is 10.5. The van der Waals surface area contributed by atoms with Crippen molar-refractivity contribution in [2.75, 3.05) is 10.8 Å². The molecule has 6 nitrogen and oxygen atoms in total. The SMILES string of the molecule is CCCCNS(=O)(=O)N(Cc1ccccc1)c1cc(=O)c1=O. The molecule has 0 fully saturated rings. The topological polar surface area (TPSA) is 83.6 Å². The highest BCUT2D eigenvalue weighted by Gasteiger charge is 2.27. The third kappa shape index (κ3) is 3.61. The molecular weight excluding hydrogens is 304 g/mol.